The molecule has 0 aromatic heterocycles. The Balaban J connectivity index is 1.31. The fraction of sp³-hybridized carbons (Fsp3) is 0.286. The molecule has 0 atom stereocenters. The van der Waals surface area contributed by atoms with E-state index < -0.39 is 0 Å². The minimum atomic E-state index is -0.263. The molecule has 2 N–H and O–H groups in total. The number of imide groups is 1. The second-order valence-corrected chi connectivity index (χ2v) is 6.43. The maximum absolute atomic E-state index is 12.2. The third-order valence-corrected chi connectivity index (χ3v) is 4.49. The summed E-state index contributed by atoms with van der Waals surface area (Å²) in [5.74, 6) is -0.526. The van der Waals surface area contributed by atoms with Crippen molar-refractivity contribution in [3.05, 3.63) is 71.3 Å². The summed E-state index contributed by atoms with van der Waals surface area (Å²) in [6, 6.07) is 16.7. The van der Waals surface area contributed by atoms with Crippen molar-refractivity contribution < 1.29 is 14.4 Å². The van der Waals surface area contributed by atoms with Crippen LogP contribution in [0.25, 0.3) is 0 Å². The van der Waals surface area contributed by atoms with Gasteiger partial charge in [-0.25, -0.2) is 4.79 Å². The zero-order valence-corrected chi connectivity index (χ0v) is 15.1. The van der Waals surface area contributed by atoms with Gasteiger partial charge in [-0.3, -0.25) is 14.5 Å². The van der Waals surface area contributed by atoms with Gasteiger partial charge in [0.05, 0.1) is 11.1 Å². The summed E-state index contributed by atoms with van der Waals surface area (Å²) < 4.78 is 0. The van der Waals surface area contributed by atoms with Crippen LogP contribution in [-0.4, -0.2) is 42.4 Å². The van der Waals surface area contributed by atoms with Gasteiger partial charge in [-0.2, -0.15) is 0 Å². The Morgan fingerprint density at radius 2 is 1.33 bits per heavy atom. The summed E-state index contributed by atoms with van der Waals surface area (Å²) in [7, 11) is 0. The standard InChI is InChI=1S/C21H23N3O3/c25-19-17-11-4-5-12-18(17)20(26)24(19)15-7-14-23-21(27)22-13-6-10-16-8-2-1-3-9-16/h1-5,8-9,11-12H,6-7,10,13-15H2,(H2,22,23,27). The number of benzene rings is 2. The van der Waals surface area contributed by atoms with E-state index in [1.807, 2.05) is 18.2 Å². The smallest absolute Gasteiger partial charge is 0.314 e. The highest BCUT2D eigenvalue weighted by molar-refractivity contribution is 6.21. The molecule has 0 spiro atoms. The lowest BCUT2D eigenvalue weighted by Gasteiger charge is -2.14. The van der Waals surface area contributed by atoms with Gasteiger partial charge in [0.1, 0.15) is 0 Å². The third-order valence-electron chi connectivity index (χ3n) is 4.49. The summed E-state index contributed by atoms with van der Waals surface area (Å²) in [6.07, 6.45) is 2.30. The molecule has 27 heavy (non-hydrogen) atoms. The molecule has 3 rings (SSSR count). The molecule has 6 heteroatoms. The topological polar surface area (TPSA) is 78.5 Å². The lowest BCUT2D eigenvalue weighted by molar-refractivity contribution is 0.0653. The Bertz CT molecular complexity index is 785. The minimum absolute atomic E-state index is 0.231. The molecule has 0 saturated heterocycles. The number of hydrogen-bond acceptors (Lipinski definition) is 3. The van der Waals surface area contributed by atoms with Crippen LogP contribution in [0, 0.1) is 0 Å². The molecule has 4 amide bonds. The van der Waals surface area contributed by atoms with Gasteiger partial charge in [-0.1, -0.05) is 42.5 Å². The number of nitrogens with one attached hydrogen (secondary N) is 2. The van der Waals surface area contributed by atoms with Crippen LogP contribution in [-0.2, 0) is 6.42 Å². The average molecular weight is 365 g/mol. The molecule has 2 aromatic carbocycles. The van der Waals surface area contributed by atoms with Gasteiger partial charge < -0.3 is 10.6 Å². The molecular weight excluding hydrogens is 342 g/mol. The molecule has 0 fully saturated rings. The second-order valence-electron chi connectivity index (χ2n) is 6.43. The monoisotopic (exact) mass is 365 g/mol. The van der Waals surface area contributed by atoms with Gasteiger partial charge >= 0.3 is 6.03 Å². The van der Waals surface area contributed by atoms with Crippen LogP contribution in [0.4, 0.5) is 4.79 Å². The Morgan fingerprint density at radius 1 is 0.778 bits per heavy atom. The third kappa shape index (κ3) is 4.73. The molecule has 0 unspecified atom stereocenters. The van der Waals surface area contributed by atoms with E-state index >= 15 is 0 Å². The Morgan fingerprint density at radius 3 is 1.96 bits per heavy atom. The van der Waals surface area contributed by atoms with Gasteiger partial charge in [0, 0.05) is 19.6 Å². The number of amides is 4. The van der Waals surface area contributed by atoms with Gasteiger partial charge in [0.2, 0.25) is 0 Å². The number of nitrogens with zero attached hydrogens (tertiary/aromatic N) is 1. The van der Waals surface area contributed by atoms with E-state index in [1.54, 1.807) is 24.3 Å². The first-order chi connectivity index (χ1) is 13.2. The van der Waals surface area contributed by atoms with Crippen LogP contribution in [0.15, 0.2) is 54.6 Å². The van der Waals surface area contributed by atoms with Gasteiger partial charge in [0.25, 0.3) is 11.8 Å². The average Bonchev–Trinajstić information content (AvgIpc) is 2.94. The zero-order valence-electron chi connectivity index (χ0n) is 15.1. The SMILES string of the molecule is O=C(NCCCc1ccccc1)NCCCN1C(=O)c2ccccc2C1=O. The van der Waals surface area contributed by atoms with Gasteiger partial charge in [-0.05, 0) is 37.0 Å². The Kier molecular flexibility index (Phi) is 6.20. The molecule has 6 nitrogen and oxygen atoms in total. The van der Waals surface area contributed by atoms with Crippen molar-refractivity contribution in [2.45, 2.75) is 19.3 Å². The first-order valence-corrected chi connectivity index (χ1v) is 9.17. The van der Waals surface area contributed by atoms with E-state index in [0.29, 0.717) is 37.2 Å². The summed E-state index contributed by atoms with van der Waals surface area (Å²) in [6.45, 7) is 1.29. The molecule has 2 aromatic rings. The molecule has 0 saturated carbocycles. The van der Waals surface area contributed by atoms with Crippen molar-refractivity contribution in [2.75, 3.05) is 19.6 Å². The van der Waals surface area contributed by atoms with Crippen LogP contribution in [0.2, 0.25) is 0 Å². The first kappa shape index (κ1) is 18.6. The lowest BCUT2D eigenvalue weighted by atomic mass is 10.1. The van der Waals surface area contributed by atoms with Crippen LogP contribution < -0.4 is 10.6 Å². The number of carbonyl (C=O) groups is 3. The summed E-state index contributed by atoms with van der Waals surface area (Å²) in [4.78, 5) is 37.5. The normalized spacial score (nSPS) is 12.8. The molecule has 0 bridgehead atoms. The molecule has 1 heterocycles. The summed E-state index contributed by atoms with van der Waals surface area (Å²) >= 11 is 0. The molecule has 140 valence electrons. The molecule has 0 radical (unpaired) electrons. The van der Waals surface area contributed by atoms with Gasteiger partial charge in [-0.15, -0.1) is 0 Å². The van der Waals surface area contributed by atoms with Crippen molar-refractivity contribution in [3.63, 3.8) is 0 Å². The number of hydrogen-bond donors (Lipinski definition) is 2. The summed E-state index contributed by atoms with van der Waals surface area (Å²) in [5, 5.41) is 5.57. The lowest BCUT2D eigenvalue weighted by Crippen LogP contribution is -2.38. The van der Waals surface area contributed by atoms with Crippen molar-refractivity contribution in [1.82, 2.24) is 15.5 Å². The van der Waals surface area contributed by atoms with Crippen LogP contribution in [0.3, 0.4) is 0 Å². The van der Waals surface area contributed by atoms with Crippen molar-refractivity contribution in [1.29, 1.82) is 0 Å². The van der Waals surface area contributed by atoms with E-state index in [2.05, 4.69) is 22.8 Å². The number of carbonyl (C=O) groups excluding carboxylic acids is 3. The predicted molar refractivity (Wildman–Crippen MR) is 103 cm³/mol. The van der Waals surface area contributed by atoms with Crippen molar-refractivity contribution in [3.8, 4) is 0 Å². The number of urea groups is 1. The maximum Gasteiger partial charge on any atom is 0.314 e. The van der Waals surface area contributed by atoms with Crippen LogP contribution in [0.5, 0.6) is 0 Å². The fourth-order valence-electron chi connectivity index (χ4n) is 3.08. The minimum Gasteiger partial charge on any atom is -0.338 e. The zero-order chi connectivity index (χ0) is 19.1. The second kappa shape index (κ2) is 8.98. The highest BCUT2D eigenvalue weighted by atomic mass is 16.2. The molecule has 1 aliphatic rings. The molecular formula is C21H23N3O3. The Hall–Kier alpha value is -3.15. The fourth-order valence-corrected chi connectivity index (χ4v) is 3.08. The number of rotatable bonds is 8. The van der Waals surface area contributed by atoms with E-state index in [9.17, 15) is 14.4 Å². The quantitative estimate of drug-likeness (QED) is 0.557. The highest BCUT2D eigenvalue weighted by Crippen LogP contribution is 2.22. The van der Waals surface area contributed by atoms with Crippen molar-refractivity contribution in [2.24, 2.45) is 0 Å². The van der Waals surface area contributed by atoms with E-state index in [1.165, 1.54) is 10.5 Å². The molecule has 0 aliphatic carbocycles. The largest absolute Gasteiger partial charge is 0.338 e. The predicted octanol–water partition coefficient (Wildman–Crippen LogP) is 2.60. The van der Waals surface area contributed by atoms with Crippen LogP contribution in [0.1, 0.15) is 39.1 Å². The van der Waals surface area contributed by atoms with Crippen molar-refractivity contribution >= 4 is 17.8 Å². The highest BCUT2D eigenvalue weighted by Gasteiger charge is 2.34. The molecule has 1 aliphatic heterocycles. The number of aryl methyl sites for hydroxylation is 1. The Labute approximate surface area is 158 Å². The maximum atomic E-state index is 12.2. The van der Waals surface area contributed by atoms with Crippen LogP contribution >= 0.6 is 0 Å². The first-order valence-electron chi connectivity index (χ1n) is 9.17. The van der Waals surface area contributed by atoms with E-state index in [4.69, 9.17) is 0 Å². The number of fused-ring (bicyclic) bond motifs is 1. The summed E-state index contributed by atoms with van der Waals surface area (Å²) in [5.41, 5.74) is 2.15. The van der Waals surface area contributed by atoms with E-state index in [0.717, 1.165) is 12.8 Å². The van der Waals surface area contributed by atoms with Gasteiger partial charge in [0.15, 0.2) is 0 Å². The van der Waals surface area contributed by atoms with E-state index in [-0.39, 0.29) is 17.8 Å².